The largest absolute Gasteiger partial charge is 0.342 e. The summed E-state index contributed by atoms with van der Waals surface area (Å²) in [6.07, 6.45) is 6.20. The topological polar surface area (TPSA) is 53.4 Å². The highest BCUT2D eigenvalue weighted by Crippen LogP contribution is 2.30. The van der Waals surface area contributed by atoms with Gasteiger partial charge in [-0.25, -0.2) is 0 Å². The second kappa shape index (κ2) is 9.76. The lowest BCUT2D eigenvalue weighted by Crippen LogP contribution is -2.44. The number of nitrogens with zero attached hydrogens (tertiary/aromatic N) is 4. The molecule has 1 amide bonds. The highest BCUT2D eigenvalue weighted by molar-refractivity contribution is 5.85. The summed E-state index contributed by atoms with van der Waals surface area (Å²) in [5.41, 5.74) is 1.18. The van der Waals surface area contributed by atoms with E-state index in [1.165, 1.54) is 5.56 Å². The van der Waals surface area contributed by atoms with Crippen LogP contribution < -0.4 is 5.32 Å². The highest BCUT2D eigenvalue weighted by Gasteiger charge is 2.37. The van der Waals surface area contributed by atoms with E-state index in [4.69, 9.17) is 0 Å². The van der Waals surface area contributed by atoms with E-state index in [-0.39, 0.29) is 36.6 Å². The molecule has 3 heterocycles. The minimum atomic E-state index is 0. The van der Waals surface area contributed by atoms with Crippen LogP contribution in [0.25, 0.3) is 0 Å². The lowest BCUT2D eigenvalue weighted by Gasteiger charge is -2.35. The van der Waals surface area contributed by atoms with Crippen LogP contribution in [0, 0.1) is 11.8 Å². The number of piperidine rings is 1. The number of likely N-dealkylation sites (tertiary alicyclic amines) is 1. The van der Waals surface area contributed by atoms with Gasteiger partial charge in [0.2, 0.25) is 5.91 Å². The van der Waals surface area contributed by atoms with Crippen LogP contribution in [0.4, 0.5) is 0 Å². The van der Waals surface area contributed by atoms with Crippen LogP contribution in [0.2, 0.25) is 0 Å². The first-order valence-corrected chi connectivity index (χ1v) is 8.67. The van der Waals surface area contributed by atoms with Crippen molar-refractivity contribution < 1.29 is 4.79 Å². The van der Waals surface area contributed by atoms with E-state index in [0.29, 0.717) is 5.91 Å². The zero-order valence-corrected chi connectivity index (χ0v) is 17.0. The van der Waals surface area contributed by atoms with E-state index in [2.05, 4.69) is 34.3 Å². The minimum Gasteiger partial charge on any atom is -0.342 e. The van der Waals surface area contributed by atoms with Crippen molar-refractivity contribution >= 4 is 30.7 Å². The van der Waals surface area contributed by atoms with Crippen LogP contribution >= 0.6 is 24.8 Å². The maximum Gasteiger partial charge on any atom is 0.227 e. The summed E-state index contributed by atoms with van der Waals surface area (Å²) < 4.78 is 1.82. The molecule has 1 aromatic rings. The quantitative estimate of drug-likeness (QED) is 0.841. The van der Waals surface area contributed by atoms with Crippen LogP contribution in [0.5, 0.6) is 0 Å². The molecular weight excluding hydrogens is 361 g/mol. The third-order valence-corrected chi connectivity index (χ3v) is 5.23. The smallest absolute Gasteiger partial charge is 0.227 e. The predicted molar refractivity (Wildman–Crippen MR) is 105 cm³/mol. The number of halogens is 2. The van der Waals surface area contributed by atoms with E-state index >= 15 is 0 Å². The SMILES string of the molecule is CN(C)CC1CCN(C(=O)[C@H]2CNC[C@@H]2c2cnn(C)c2)CC1.Cl.Cl. The molecule has 2 saturated heterocycles. The molecule has 2 fully saturated rings. The third-order valence-electron chi connectivity index (χ3n) is 5.23. The third kappa shape index (κ3) is 5.33. The maximum atomic E-state index is 13.0. The second-order valence-corrected chi connectivity index (χ2v) is 7.35. The molecule has 3 rings (SSSR count). The van der Waals surface area contributed by atoms with Crippen LogP contribution in [0.1, 0.15) is 24.3 Å². The standard InChI is InChI=1S/C17H29N5O.2ClH/c1-20(2)11-13-4-6-22(7-5-13)17(23)16-10-18-9-15(16)14-8-19-21(3)12-14;;/h8,12-13,15-16,18H,4-7,9-11H2,1-3H3;2*1H/t15-,16+;;/m1../s1. The summed E-state index contributed by atoms with van der Waals surface area (Å²) in [6, 6.07) is 0. The van der Waals surface area contributed by atoms with Gasteiger partial charge in [0.1, 0.15) is 0 Å². The van der Waals surface area contributed by atoms with Crippen molar-refractivity contribution in [3.05, 3.63) is 18.0 Å². The van der Waals surface area contributed by atoms with Gasteiger partial charge >= 0.3 is 0 Å². The zero-order valence-electron chi connectivity index (χ0n) is 15.4. The Morgan fingerprint density at radius 1 is 1.28 bits per heavy atom. The first-order valence-electron chi connectivity index (χ1n) is 8.67. The molecule has 0 unspecified atom stereocenters. The van der Waals surface area contributed by atoms with Crippen molar-refractivity contribution in [3.63, 3.8) is 0 Å². The summed E-state index contributed by atoms with van der Waals surface area (Å²) in [7, 11) is 6.18. The number of rotatable bonds is 4. The number of hydrogen-bond donors (Lipinski definition) is 1. The Kier molecular flexibility index (Phi) is 8.68. The molecule has 25 heavy (non-hydrogen) atoms. The van der Waals surface area contributed by atoms with Gasteiger partial charge < -0.3 is 15.1 Å². The average Bonchev–Trinajstić information content (AvgIpc) is 3.15. The van der Waals surface area contributed by atoms with Gasteiger partial charge in [0.05, 0.1) is 12.1 Å². The molecule has 0 aromatic carbocycles. The van der Waals surface area contributed by atoms with E-state index < -0.39 is 0 Å². The van der Waals surface area contributed by atoms with Crippen molar-refractivity contribution in [2.75, 3.05) is 46.8 Å². The molecule has 1 aromatic heterocycles. The number of aryl methyl sites for hydroxylation is 1. The van der Waals surface area contributed by atoms with Gasteiger partial charge in [0.25, 0.3) is 0 Å². The number of hydrogen-bond acceptors (Lipinski definition) is 4. The number of carbonyl (C=O) groups is 1. The summed E-state index contributed by atoms with van der Waals surface area (Å²) in [5, 5.41) is 7.66. The molecule has 0 saturated carbocycles. The average molecular weight is 392 g/mol. The van der Waals surface area contributed by atoms with E-state index in [0.717, 1.165) is 51.5 Å². The van der Waals surface area contributed by atoms with Crippen molar-refractivity contribution in [2.45, 2.75) is 18.8 Å². The molecule has 2 atom stereocenters. The molecule has 0 bridgehead atoms. The molecule has 144 valence electrons. The molecule has 0 radical (unpaired) electrons. The zero-order chi connectivity index (χ0) is 16.4. The summed E-state index contributed by atoms with van der Waals surface area (Å²) in [6.45, 7) is 4.61. The number of carbonyl (C=O) groups excluding carboxylic acids is 1. The Hall–Kier alpha value is -0.820. The first kappa shape index (κ1) is 22.2. The van der Waals surface area contributed by atoms with Gasteiger partial charge in [-0.2, -0.15) is 5.10 Å². The number of nitrogens with one attached hydrogen (secondary N) is 1. The molecule has 2 aliphatic heterocycles. The Labute approximate surface area is 163 Å². The van der Waals surface area contributed by atoms with Crippen LogP contribution in [0.3, 0.4) is 0 Å². The number of aromatic nitrogens is 2. The van der Waals surface area contributed by atoms with E-state index in [9.17, 15) is 4.79 Å². The summed E-state index contributed by atoms with van der Waals surface area (Å²) in [4.78, 5) is 17.3. The minimum absolute atomic E-state index is 0. The maximum absolute atomic E-state index is 13.0. The van der Waals surface area contributed by atoms with Gasteiger partial charge in [-0.3, -0.25) is 9.48 Å². The van der Waals surface area contributed by atoms with Gasteiger partial charge in [-0.15, -0.1) is 24.8 Å². The second-order valence-electron chi connectivity index (χ2n) is 7.35. The van der Waals surface area contributed by atoms with Crippen molar-refractivity contribution in [3.8, 4) is 0 Å². The van der Waals surface area contributed by atoms with Gasteiger partial charge in [-0.1, -0.05) is 0 Å². The fourth-order valence-corrected chi connectivity index (χ4v) is 4.01. The summed E-state index contributed by atoms with van der Waals surface area (Å²) >= 11 is 0. The van der Waals surface area contributed by atoms with Crippen LogP contribution in [-0.2, 0) is 11.8 Å². The Bertz CT molecular complexity index is 543. The highest BCUT2D eigenvalue weighted by atomic mass is 35.5. The molecule has 0 spiro atoms. The van der Waals surface area contributed by atoms with Crippen molar-refractivity contribution in [1.82, 2.24) is 24.9 Å². The normalized spacial score (nSPS) is 24.1. The fraction of sp³-hybridized carbons (Fsp3) is 0.765. The van der Waals surface area contributed by atoms with Gasteiger partial charge in [-0.05, 0) is 38.4 Å². The number of amides is 1. The molecule has 0 aliphatic carbocycles. The Balaban J connectivity index is 0.00000156. The monoisotopic (exact) mass is 391 g/mol. The molecule has 2 aliphatic rings. The van der Waals surface area contributed by atoms with Crippen molar-refractivity contribution in [2.24, 2.45) is 18.9 Å². The molecule has 1 N–H and O–H groups in total. The van der Waals surface area contributed by atoms with Crippen LogP contribution in [0.15, 0.2) is 12.4 Å². The summed E-state index contributed by atoms with van der Waals surface area (Å²) in [5.74, 6) is 1.37. The Morgan fingerprint density at radius 2 is 1.96 bits per heavy atom. The Morgan fingerprint density at radius 3 is 2.52 bits per heavy atom. The van der Waals surface area contributed by atoms with E-state index in [1.54, 1.807) is 0 Å². The van der Waals surface area contributed by atoms with Gasteiger partial charge in [0, 0.05) is 51.9 Å². The molecule has 6 nitrogen and oxygen atoms in total. The fourth-order valence-electron chi connectivity index (χ4n) is 4.01. The lowest BCUT2D eigenvalue weighted by atomic mass is 9.88. The first-order chi connectivity index (χ1) is 11.0. The van der Waals surface area contributed by atoms with Crippen LogP contribution in [-0.4, -0.2) is 72.3 Å². The molecular formula is C17H31Cl2N5O. The van der Waals surface area contributed by atoms with E-state index in [1.807, 2.05) is 24.1 Å². The predicted octanol–water partition coefficient (Wildman–Crippen LogP) is 1.37. The van der Waals surface area contributed by atoms with Crippen molar-refractivity contribution in [1.29, 1.82) is 0 Å². The van der Waals surface area contributed by atoms with Gasteiger partial charge in [0.15, 0.2) is 0 Å². The lowest BCUT2D eigenvalue weighted by molar-refractivity contribution is -0.136. The molecule has 8 heteroatoms.